The molecule has 2 heterocycles. The van der Waals surface area contributed by atoms with E-state index in [1.165, 1.54) is 38.0 Å². The highest BCUT2D eigenvalue weighted by Gasteiger charge is 2.13. The fourth-order valence-electron chi connectivity index (χ4n) is 2.16. The van der Waals surface area contributed by atoms with Gasteiger partial charge >= 0.3 is 0 Å². The van der Waals surface area contributed by atoms with Gasteiger partial charge in [-0.3, -0.25) is 4.68 Å². The van der Waals surface area contributed by atoms with Crippen LogP contribution in [0, 0.1) is 5.92 Å². The molecule has 0 radical (unpaired) electrons. The van der Waals surface area contributed by atoms with Gasteiger partial charge in [0.15, 0.2) is 0 Å². The van der Waals surface area contributed by atoms with Gasteiger partial charge in [0.1, 0.15) is 0 Å². The van der Waals surface area contributed by atoms with E-state index in [2.05, 4.69) is 16.5 Å². The molecular weight excluding hydrogens is 174 g/mol. The van der Waals surface area contributed by atoms with Gasteiger partial charge in [-0.2, -0.15) is 5.10 Å². The number of nitrogens with zero attached hydrogens (tertiary/aromatic N) is 2. The van der Waals surface area contributed by atoms with Gasteiger partial charge in [-0.25, -0.2) is 0 Å². The molecule has 1 atom stereocenters. The topological polar surface area (TPSA) is 29.9 Å². The average Bonchev–Trinajstić information content (AvgIpc) is 2.43. The van der Waals surface area contributed by atoms with Crippen molar-refractivity contribution in [2.24, 2.45) is 13.0 Å². The van der Waals surface area contributed by atoms with Crippen molar-refractivity contribution in [2.45, 2.75) is 25.7 Å². The molecule has 0 spiro atoms. The van der Waals surface area contributed by atoms with Crippen LogP contribution < -0.4 is 5.32 Å². The molecule has 1 aliphatic heterocycles. The lowest BCUT2D eigenvalue weighted by Crippen LogP contribution is -2.14. The summed E-state index contributed by atoms with van der Waals surface area (Å²) in [4.78, 5) is 0. The predicted octanol–water partition coefficient (Wildman–Crippen LogP) is 1.35. The Kier molecular flexibility index (Phi) is 3.19. The minimum Gasteiger partial charge on any atom is -0.317 e. The second-order valence-corrected chi connectivity index (χ2v) is 4.23. The standard InChI is InChI=1S/C11H19N3/c1-14-8-5-11(13-14)9-10-3-2-6-12-7-4-10/h5,8,10,12H,2-4,6-7,9H2,1H3. The summed E-state index contributed by atoms with van der Waals surface area (Å²) in [5, 5.41) is 7.87. The van der Waals surface area contributed by atoms with Crippen LogP contribution in [0.25, 0.3) is 0 Å². The van der Waals surface area contributed by atoms with Crippen LogP contribution in [0.1, 0.15) is 25.0 Å². The summed E-state index contributed by atoms with van der Waals surface area (Å²) in [5.41, 5.74) is 1.25. The van der Waals surface area contributed by atoms with Crippen molar-refractivity contribution in [1.82, 2.24) is 15.1 Å². The molecule has 1 aromatic heterocycles. The molecule has 1 aliphatic rings. The largest absolute Gasteiger partial charge is 0.317 e. The van der Waals surface area contributed by atoms with E-state index in [4.69, 9.17) is 0 Å². The van der Waals surface area contributed by atoms with E-state index in [0.29, 0.717) is 0 Å². The van der Waals surface area contributed by atoms with Gasteiger partial charge in [-0.1, -0.05) is 0 Å². The molecule has 1 saturated heterocycles. The number of nitrogens with one attached hydrogen (secondary N) is 1. The van der Waals surface area contributed by atoms with Gasteiger partial charge in [0.25, 0.3) is 0 Å². The molecule has 0 aliphatic carbocycles. The van der Waals surface area contributed by atoms with E-state index in [1.807, 2.05) is 17.9 Å². The number of aryl methyl sites for hydroxylation is 1. The lowest BCUT2D eigenvalue weighted by Gasteiger charge is -2.10. The van der Waals surface area contributed by atoms with Gasteiger partial charge < -0.3 is 5.32 Å². The lowest BCUT2D eigenvalue weighted by atomic mass is 9.95. The van der Waals surface area contributed by atoms with E-state index in [9.17, 15) is 0 Å². The van der Waals surface area contributed by atoms with Crippen molar-refractivity contribution in [3.8, 4) is 0 Å². The molecule has 14 heavy (non-hydrogen) atoms. The summed E-state index contributed by atoms with van der Waals surface area (Å²) >= 11 is 0. The van der Waals surface area contributed by atoms with Crippen LogP contribution in [0.15, 0.2) is 12.3 Å². The summed E-state index contributed by atoms with van der Waals surface area (Å²) in [5.74, 6) is 0.833. The van der Waals surface area contributed by atoms with Crippen molar-refractivity contribution in [3.05, 3.63) is 18.0 Å². The Morgan fingerprint density at radius 3 is 3.21 bits per heavy atom. The first-order chi connectivity index (χ1) is 6.84. The highest BCUT2D eigenvalue weighted by atomic mass is 15.2. The summed E-state index contributed by atoms with van der Waals surface area (Å²) in [6.07, 6.45) is 7.16. The van der Waals surface area contributed by atoms with Gasteiger partial charge in [0.05, 0.1) is 5.69 Å². The second kappa shape index (κ2) is 4.60. The zero-order valence-corrected chi connectivity index (χ0v) is 8.87. The van der Waals surface area contributed by atoms with Crippen LogP contribution in [0.5, 0.6) is 0 Å². The fourth-order valence-corrected chi connectivity index (χ4v) is 2.16. The molecule has 0 saturated carbocycles. The Bertz CT molecular complexity index is 272. The molecule has 1 fully saturated rings. The van der Waals surface area contributed by atoms with E-state index >= 15 is 0 Å². The maximum atomic E-state index is 4.43. The van der Waals surface area contributed by atoms with Gasteiger partial charge in [0.2, 0.25) is 0 Å². The maximum absolute atomic E-state index is 4.43. The molecule has 1 N–H and O–H groups in total. The Morgan fingerprint density at radius 2 is 2.43 bits per heavy atom. The monoisotopic (exact) mass is 193 g/mol. The van der Waals surface area contributed by atoms with Crippen molar-refractivity contribution in [1.29, 1.82) is 0 Å². The minimum absolute atomic E-state index is 0.833. The van der Waals surface area contributed by atoms with Crippen LogP contribution in [-0.2, 0) is 13.5 Å². The zero-order valence-electron chi connectivity index (χ0n) is 8.87. The highest BCUT2D eigenvalue weighted by Crippen LogP contribution is 2.17. The molecule has 3 heteroatoms. The summed E-state index contributed by atoms with van der Waals surface area (Å²) < 4.78 is 1.89. The summed E-state index contributed by atoms with van der Waals surface area (Å²) in [7, 11) is 1.98. The molecule has 3 nitrogen and oxygen atoms in total. The van der Waals surface area contributed by atoms with Gasteiger partial charge in [-0.15, -0.1) is 0 Å². The van der Waals surface area contributed by atoms with Gasteiger partial charge in [-0.05, 0) is 50.8 Å². The third kappa shape index (κ3) is 2.58. The maximum Gasteiger partial charge on any atom is 0.0627 e. The Balaban J connectivity index is 1.89. The summed E-state index contributed by atoms with van der Waals surface area (Å²) in [6, 6.07) is 2.14. The quantitative estimate of drug-likeness (QED) is 0.768. The lowest BCUT2D eigenvalue weighted by molar-refractivity contribution is 0.463. The van der Waals surface area contributed by atoms with Gasteiger partial charge in [0, 0.05) is 13.2 Å². The molecule has 0 aromatic carbocycles. The average molecular weight is 193 g/mol. The smallest absolute Gasteiger partial charge is 0.0627 e. The minimum atomic E-state index is 0.833. The molecule has 78 valence electrons. The third-order valence-electron chi connectivity index (χ3n) is 2.96. The Morgan fingerprint density at radius 1 is 1.50 bits per heavy atom. The Labute approximate surface area is 85.5 Å². The van der Waals surface area contributed by atoms with Crippen molar-refractivity contribution >= 4 is 0 Å². The number of hydrogen-bond donors (Lipinski definition) is 1. The predicted molar refractivity (Wildman–Crippen MR) is 57.1 cm³/mol. The number of rotatable bonds is 2. The normalized spacial score (nSPS) is 23.4. The molecule has 0 amide bonds. The molecular formula is C11H19N3. The first-order valence-electron chi connectivity index (χ1n) is 5.54. The molecule has 1 aromatic rings. The van der Waals surface area contributed by atoms with Crippen LogP contribution >= 0.6 is 0 Å². The first-order valence-corrected chi connectivity index (χ1v) is 5.54. The molecule has 1 unspecified atom stereocenters. The van der Waals surface area contributed by atoms with E-state index in [0.717, 1.165) is 12.3 Å². The van der Waals surface area contributed by atoms with Crippen LogP contribution in [0.2, 0.25) is 0 Å². The van der Waals surface area contributed by atoms with Crippen LogP contribution in [0.3, 0.4) is 0 Å². The number of aromatic nitrogens is 2. The van der Waals surface area contributed by atoms with Crippen molar-refractivity contribution in [2.75, 3.05) is 13.1 Å². The number of hydrogen-bond acceptors (Lipinski definition) is 2. The Hall–Kier alpha value is -0.830. The van der Waals surface area contributed by atoms with Crippen molar-refractivity contribution in [3.63, 3.8) is 0 Å². The SMILES string of the molecule is Cn1ccc(CC2CCCNCC2)n1. The summed E-state index contributed by atoms with van der Waals surface area (Å²) in [6.45, 7) is 2.37. The zero-order chi connectivity index (χ0) is 9.80. The highest BCUT2D eigenvalue weighted by molar-refractivity contribution is 5.00. The van der Waals surface area contributed by atoms with Crippen LogP contribution in [0.4, 0.5) is 0 Å². The second-order valence-electron chi connectivity index (χ2n) is 4.23. The van der Waals surface area contributed by atoms with E-state index in [1.54, 1.807) is 0 Å². The first kappa shape index (κ1) is 9.71. The van der Waals surface area contributed by atoms with Crippen LogP contribution in [-0.4, -0.2) is 22.9 Å². The molecule has 2 rings (SSSR count). The van der Waals surface area contributed by atoms with E-state index in [-0.39, 0.29) is 0 Å². The third-order valence-corrected chi connectivity index (χ3v) is 2.96. The fraction of sp³-hybridized carbons (Fsp3) is 0.727. The molecule has 0 bridgehead atoms. The van der Waals surface area contributed by atoms with E-state index < -0.39 is 0 Å². The van der Waals surface area contributed by atoms with Crippen molar-refractivity contribution < 1.29 is 0 Å².